The lowest BCUT2D eigenvalue weighted by molar-refractivity contribution is -0.145. The van der Waals surface area contributed by atoms with Crippen molar-refractivity contribution >= 4 is 5.97 Å². The zero-order valence-corrected chi connectivity index (χ0v) is 13.6. The highest BCUT2D eigenvalue weighted by molar-refractivity contribution is 5.78. The summed E-state index contributed by atoms with van der Waals surface area (Å²) < 4.78 is 5.74. The lowest BCUT2D eigenvalue weighted by Crippen LogP contribution is -2.53. The van der Waals surface area contributed by atoms with Crippen LogP contribution in [0.2, 0.25) is 0 Å². The van der Waals surface area contributed by atoms with Gasteiger partial charge in [-0.3, -0.25) is 15.0 Å². The number of nitrogens with one attached hydrogen (secondary N) is 1. The first kappa shape index (κ1) is 16.7. The van der Waals surface area contributed by atoms with E-state index < -0.39 is 11.5 Å². The lowest BCUT2D eigenvalue weighted by Gasteiger charge is -2.36. The smallest absolute Gasteiger partial charge is 0.323 e. The largest absolute Gasteiger partial charge is 0.480 e. The summed E-state index contributed by atoms with van der Waals surface area (Å²) in [6.45, 7) is 9.04. The number of nitrogens with zero attached hydrogens (tertiary/aromatic N) is 1. The van der Waals surface area contributed by atoms with Crippen molar-refractivity contribution in [2.45, 2.75) is 76.7 Å². The zero-order chi connectivity index (χ0) is 15.5. The molecule has 5 heteroatoms. The van der Waals surface area contributed by atoms with Crippen LogP contribution in [0.25, 0.3) is 0 Å². The first-order chi connectivity index (χ1) is 9.95. The van der Waals surface area contributed by atoms with E-state index in [9.17, 15) is 9.90 Å². The fourth-order valence-corrected chi connectivity index (χ4v) is 3.36. The number of morpholine rings is 1. The van der Waals surface area contributed by atoms with Crippen LogP contribution in [0, 0.1) is 0 Å². The molecule has 0 aromatic heterocycles. The number of hydrogen-bond acceptors (Lipinski definition) is 4. The summed E-state index contributed by atoms with van der Waals surface area (Å²) in [5, 5.41) is 13.0. The summed E-state index contributed by atoms with van der Waals surface area (Å²) in [7, 11) is 0. The average molecular weight is 298 g/mol. The fraction of sp³-hybridized carbons (Fsp3) is 0.938. The van der Waals surface area contributed by atoms with Crippen LogP contribution in [-0.4, -0.2) is 59.4 Å². The summed E-state index contributed by atoms with van der Waals surface area (Å²) in [4.78, 5) is 14.1. The number of carboxylic acid groups (broad SMARTS) is 1. The molecule has 21 heavy (non-hydrogen) atoms. The van der Waals surface area contributed by atoms with Crippen LogP contribution in [0.4, 0.5) is 0 Å². The molecule has 1 saturated carbocycles. The maximum absolute atomic E-state index is 11.7. The normalized spacial score (nSPS) is 30.0. The highest BCUT2D eigenvalue weighted by Crippen LogP contribution is 2.27. The predicted molar refractivity (Wildman–Crippen MR) is 82.5 cm³/mol. The second kappa shape index (κ2) is 7.07. The Bertz CT molecular complexity index is 349. The molecule has 5 nitrogen and oxygen atoms in total. The summed E-state index contributed by atoms with van der Waals surface area (Å²) in [6, 6.07) is 0.421. The standard InChI is InChI=1S/C16H30N2O3/c1-4-16(15(19)20,17-14-6-7-14)8-5-9-18-10-12(2)21-13(3)11-18/h12-14,17H,4-11H2,1-3H3,(H,19,20)/t12-,13+,16?. The first-order valence-electron chi connectivity index (χ1n) is 8.34. The Kier molecular flexibility index (Phi) is 5.63. The van der Waals surface area contributed by atoms with Crippen LogP contribution in [0.1, 0.15) is 52.9 Å². The van der Waals surface area contributed by atoms with Crippen molar-refractivity contribution in [3.63, 3.8) is 0 Å². The second-order valence-electron chi connectivity index (χ2n) is 6.78. The third-order valence-corrected chi connectivity index (χ3v) is 4.64. The molecule has 2 N–H and O–H groups in total. The van der Waals surface area contributed by atoms with Gasteiger partial charge in [0.1, 0.15) is 5.54 Å². The Hall–Kier alpha value is -0.650. The molecule has 0 amide bonds. The van der Waals surface area contributed by atoms with Crippen LogP contribution in [0.5, 0.6) is 0 Å². The van der Waals surface area contributed by atoms with Gasteiger partial charge in [0.15, 0.2) is 0 Å². The SMILES string of the molecule is CCC(CCCN1C[C@@H](C)O[C@@H](C)C1)(NC1CC1)C(=O)O. The molecule has 1 saturated heterocycles. The van der Waals surface area contributed by atoms with Crippen LogP contribution in [0.15, 0.2) is 0 Å². The Labute approximate surface area is 128 Å². The van der Waals surface area contributed by atoms with Crippen LogP contribution in [-0.2, 0) is 9.53 Å². The van der Waals surface area contributed by atoms with Crippen LogP contribution in [0.3, 0.4) is 0 Å². The number of hydrogen-bond donors (Lipinski definition) is 2. The molecular formula is C16H30N2O3. The Morgan fingerprint density at radius 3 is 2.43 bits per heavy atom. The van der Waals surface area contributed by atoms with E-state index in [0.717, 1.165) is 38.9 Å². The maximum Gasteiger partial charge on any atom is 0.323 e. The number of rotatable bonds is 8. The van der Waals surface area contributed by atoms with E-state index in [0.29, 0.717) is 18.9 Å². The zero-order valence-electron chi connectivity index (χ0n) is 13.6. The molecule has 2 fully saturated rings. The van der Waals surface area contributed by atoms with Crippen molar-refractivity contribution < 1.29 is 14.6 Å². The average Bonchev–Trinajstić information content (AvgIpc) is 3.20. The quantitative estimate of drug-likeness (QED) is 0.716. The van der Waals surface area contributed by atoms with E-state index in [1.54, 1.807) is 0 Å². The minimum Gasteiger partial charge on any atom is -0.480 e. The summed E-state index contributed by atoms with van der Waals surface area (Å²) >= 11 is 0. The van der Waals surface area contributed by atoms with Gasteiger partial charge in [-0.25, -0.2) is 0 Å². The van der Waals surface area contributed by atoms with E-state index in [-0.39, 0.29) is 12.2 Å². The van der Waals surface area contributed by atoms with Gasteiger partial charge in [0.25, 0.3) is 0 Å². The second-order valence-corrected chi connectivity index (χ2v) is 6.78. The number of carboxylic acids is 1. The van der Waals surface area contributed by atoms with Crippen LogP contribution < -0.4 is 5.32 Å². The minimum atomic E-state index is -0.731. The van der Waals surface area contributed by atoms with E-state index in [4.69, 9.17) is 4.74 Å². The molecule has 0 aromatic carbocycles. The molecule has 2 rings (SSSR count). The molecule has 1 aliphatic carbocycles. The number of carbonyl (C=O) groups is 1. The van der Waals surface area contributed by atoms with Gasteiger partial charge in [-0.2, -0.15) is 0 Å². The summed E-state index contributed by atoms with van der Waals surface area (Å²) in [5.41, 5.74) is -0.731. The first-order valence-corrected chi connectivity index (χ1v) is 8.34. The van der Waals surface area contributed by atoms with Crippen LogP contribution >= 0.6 is 0 Å². The van der Waals surface area contributed by atoms with Gasteiger partial charge in [-0.15, -0.1) is 0 Å². The van der Waals surface area contributed by atoms with Gasteiger partial charge >= 0.3 is 5.97 Å². The van der Waals surface area contributed by atoms with Crippen molar-refractivity contribution in [2.75, 3.05) is 19.6 Å². The van der Waals surface area contributed by atoms with Gasteiger partial charge in [0.05, 0.1) is 12.2 Å². The molecule has 1 aliphatic heterocycles. The topological polar surface area (TPSA) is 61.8 Å². The molecule has 0 spiro atoms. The predicted octanol–water partition coefficient (Wildman–Crippen LogP) is 1.86. The van der Waals surface area contributed by atoms with E-state index >= 15 is 0 Å². The maximum atomic E-state index is 11.7. The van der Waals surface area contributed by atoms with Crippen molar-refractivity contribution in [2.24, 2.45) is 0 Å². The molecule has 1 unspecified atom stereocenters. The van der Waals surface area contributed by atoms with Crippen molar-refractivity contribution in [3.05, 3.63) is 0 Å². The van der Waals surface area contributed by atoms with Gasteiger partial charge in [0, 0.05) is 19.1 Å². The number of ether oxygens (including phenoxy) is 1. The summed E-state index contributed by atoms with van der Waals surface area (Å²) in [6.07, 6.45) is 5.05. The highest BCUT2D eigenvalue weighted by atomic mass is 16.5. The lowest BCUT2D eigenvalue weighted by atomic mass is 9.90. The Morgan fingerprint density at radius 2 is 1.95 bits per heavy atom. The molecule has 2 aliphatic rings. The monoisotopic (exact) mass is 298 g/mol. The highest BCUT2D eigenvalue weighted by Gasteiger charge is 2.40. The molecule has 0 radical (unpaired) electrons. The number of aliphatic carboxylic acids is 1. The van der Waals surface area contributed by atoms with E-state index in [1.165, 1.54) is 0 Å². The van der Waals surface area contributed by atoms with Crippen molar-refractivity contribution in [3.8, 4) is 0 Å². The minimum absolute atomic E-state index is 0.272. The molecule has 1 heterocycles. The van der Waals surface area contributed by atoms with Gasteiger partial charge in [-0.05, 0) is 52.5 Å². The van der Waals surface area contributed by atoms with Gasteiger partial charge in [-0.1, -0.05) is 6.92 Å². The Balaban J connectivity index is 1.82. The molecular weight excluding hydrogens is 268 g/mol. The molecule has 3 atom stereocenters. The van der Waals surface area contributed by atoms with Crippen molar-refractivity contribution in [1.29, 1.82) is 0 Å². The molecule has 0 aromatic rings. The Morgan fingerprint density at radius 1 is 1.33 bits per heavy atom. The van der Waals surface area contributed by atoms with Gasteiger partial charge in [0.2, 0.25) is 0 Å². The van der Waals surface area contributed by atoms with E-state index in [1.807, 2.05) is 6.92 Å². The fourth-order valence-electron chi connectivity index (χ4n) is 3.36. The summed E-state index contributed by atoms with van der Waals surface area (Å²) in [5.74, 6) is -0.694. The van der Waals surface area contributed by atoms with E-state index in [2.05, 4.69) is 24.1 Å². The van der Waals surface area contributed by atoms with Crippen molar-refractivity contribution in [1.82, 2.24) is 10.2 Å². The third-order valence-electron chi connectivity index (χ3n) is 4.64. The van der Waals surface area contributed by atoms with Gasteiger partial charge < -0.3 is 9.84 Å². The third kappa shape index (κ3) is 4.66. The molecule has 0 bridgehead atoms. The molecule has 122 valence electrons.